The second-order valence-electron chi connectivity index (χ2n) is 28.7. The first kappa shape index (κ1) is 103. The number of furan rings is 1. The summed E-state index contributed by atoms with van der Waals surface area (Å²) >= 11 is 7.98. The zero-order valence-electron chi connectivity index (χ0n) is 74.2. The van der Waals surface area contributed by atoms with E-state index in [0.29, 0.717) is 62.0 Å². The fraction of sp³-hybridized carbons (Fsp3) is 0.0485. The Hall–Kier alpha value is -17.5. The zero-order chi connectivity index (χ0) is 101. The molecule has 0 bridgehead atoms. The SMILES string of the molecule is COC(=O)c1ccc(C(=O)n2ccc(/C=C/c3cccs3)n2)cc1.COC(=O)c1cccc(C(=O)n2ccc(/C=C/c3ccco3)n2)c1.O=C(c1ccc(OC(F)(F)F)cc1)n1ccc(/C=C/c2cccs2)n1.O=C(c1cccc(OC(F)(F)F)c1)n1ccc(/C=C/c2cccs2)n1.O=C(c1ccccc1)n1ccc(/C=C/c2cccs2)n1.O=C(c1ccccc1OC(F)(F)F)n1ccc(/C=C/c2cccs2)n1. The third-order valence-corrected chi connectivity index (χ3v) is 23.0. The van der Waals surface area contributed by atoms with Gasteiger partial charge in [-0.05, 0) is 288 Å². The highest BCUT2D eigenvalue weighted by Gasteiger charge is 2.35. The molecule has 0 unspecified atom stereocenters. The molecule has 0 amide bonds. The number of benzene rings is 6. The van der Waals surface area contributed by atoms with E-state index >= 15 is 0 Å². The second kappa shape index (κ2) is 49.7. The summed E-state index contributed by atoms with van der Waals surface area (Å²) in [6.07, 6.45) is 18.3. The summed E-state index contributed by atoms with van der Waals surface area (Å²) in [5, 5.41) is 34.9. The van der Waals surface area contributed by atoms with Crippen LogP contribution in [0, 0.1) is 0 Å². The Labute approximate surface area is 826 Å². The van der Waals surface area contributed by atoms with E-state index in [9.17, 15) is 77.9 Å². The Morgan fingerprint density at radius 3 is 0.944 bits per heavy atom. The van der Waals surface area contributed by atoms with Crippen LogP contribution >= 0.6 is 56.7 Å². The third-order valence-electron chi connectivity index (χ3n) is 18.8. The van der Waals surface area contributed by atoms with E-state index < -0.39 is 60.2 Å². The van der Waals surface area contributed by atoms with Gasteiger partial charge in [0.1, 0.15) is 23.0 Å². The molecule has 40 heteroatoms. The van der Waals surface area contributed by atoms with Crippen molar-refractivity contribution in [2.45, 2.75) is 19.1 Å². The Kier molecular flexibility index (Phi) is 35.8. The van der Waals surface area contributed by atoms with E-state index in [1.54, 1.807) is 203 Å². The quantitative estimate of drug-likeness (QED) is 0.0424. The van der Waals surface area contributed by atoms with Crippen molar-refractivity contribution in [1.82, 2.24) is 58.7 Å². The van der Waals surface area contributed by atoms with Gasteiger partial charge in [0.25, 0.3) is 35.4 Å². The van der Waals surface area contributed by atoms with Crippen molar-refractivity contribution >= 4 is 177 Å². The molecule has 26 nitrogen and oxygen atoms in total. The molecule has 0 radical (unpaired) electrons. The number of carbonyl (C=O) groups excluding carboxylic acids is 8. The van der Waals surface area contributed by atoms with Gasteiger partial charge in [0, 0.05) is 89.4 Å². The predicted molar refractivity (Wildman–Crippen MR) is 527 cm³/mol. The molecule has 6 aromatic carbocycles. The molecule has 12 aromatic heterocycles. The number of thiophene rings is 5. The van der Waals surface area contributed by atoms with Crippen LogP contribution in [0.4, 0.5) is 39.5 Å². The lowest BCUT2D eigenvalue weighted by atomic mass is 10.1. The smallest absolute Gasteiger partial charge is 0.465 e. The number of esters is 2. The van der Waals surface area contributed by atoms with Crippen LogP contribution in [-0.4, -0.2) is 139 Å². The standard InChI is InChI=1S/C18H14N2O4.C18H14N2O3S.3C17H11F3N2O2S.C16H12N2OS/c1-23-18(22)14-5-2-4-13(12-14)17(21)20-10-9-15(19-20)7-8-16-6-3-11-24-16;1-23-18(22)14-6-4-13(5-7-14)17(21)20-11-10-15(19-20)8-9-16-3-2-12-24-16;18-17(19,20)24-14-4-1-3-12(11-14)16(23)22-9-8-13(21-22)6-7-15-5-2-10-25-15;18-17(19,20)24-14-6-3-12(4-7-14)16(23)22-10-9-13(21-22)5-8-15-2-1-11-25-15;18-17(19,20)24-15-6-2-1-5-14(15)16(23)22-10-9-12(21-22)7-8-13-4-3-11-25-13;19-16(13-5-2-1-3-6-13)18-11-10-14(17-18)8-9-15-7-4-12-20-15/h2*2-12H,1H3;3*1-11H;1-12H/b8-7+;9-8+;7-6+;8-5+;8-7+;9-8+. The number of hydrogen-bond acceptors (Lipinski definition) is 25. The summed E-state index contributed by atoms with van der Waals surface area (Å²) in [6, 6.07) is 69.8. The van der Waals surface area contributed by atoms with E-state index in [4.69, 9.17) is 4.42 Å². The van der Waals surface area contributed by atoms with Crippen LogP contribution in [0.15, 0.2) is 336 Å². The lowest BCUT2D eigenvalue weighted by Crippen LogP contribution is -2.21. The molecule has 0 saturated heterocycles. The number of alkyl halides is 9. The lowest BCUT2D eigenvalue weighted by molar-refractivity contribution is -0.275. The maximum absolute atomic E-state index is 12.5. The number of aromatic nitrogens is 12. The van der Waals surface area contributed by atoms with Crippen molar-refractivity contribution in [3.63, 3.8) is 0 Å². The molecule has 0 spiro atoms. The van der Waals surface area contributed by atoms with Gasteiger partial charge in [-0.15, -0.1) is 96.2 Å². The van der Waals surface area contributed by atoms with Gasteiger partial charge >= 0.3 is 31.0 Å². The Balaban J connectivity index is 0.000000144. The number of ether oxygens (including phenoxy) is 5. The molecule has 143 heavy (non-hydrogen) atoms. The Morgan fingerprint density at radius 2 is 0.580 bits per heavy atom. The topological polar surface area (TPSA) is 303 Å². The van der Waals surface area contributed by atoms with Crippen molar-refractivity contribution in [3.05, 3.63) is 440 Å². The molecule has 18 aromatic rings. The van der Waals surface area contributed by atoms with Crippen molar-refractivity contribution < 1.29 is 106 Å². The molecule has 0 aliphatic heterocycles. The number of halogens is 9. The summed E-state index contributed by atoms with van der Waals surface area (Å²) in [7, 11) is 2.61. The lowest BCUT2D eigenvalue weighted by Gasteiger charge is -2.12. The number of carbonyl (C=O) groups is 8. The van der Waals surface area contributed by atoms with Gasteiger partial charge in [0.05, 0.1) is 71.3 Å². The number of hydrogen-bond donors (Lipinski definition) is 0. The molecule has 0 N–H and O–H groups in total. The molecular formula is C103H73F9N12O14S5. The number of nitrogens with zero attached hydrogens (tertiary/aromatic N) is 12. The van der Waals surface area contributed by atoms with E-state index in [1.807, 2.05) is 160 Å². The van der Waals surface area contributed by atoms with Crippen LogP contribution in [0.5, 0.6) is 17.2 Å². The minimum absolute atomic E-state index is 0.0404. The fourth-order valence-corrected chi connectivity index (χ4v) is 15.3. The average molecular weight is 2030 g/mol. The van der Waals surface area contributed by atoms with Crippen molar-refractivity contribution in [3.8, 4) is 17.2 Å². The van der Waals surface area contributed by atoms with Gasteiger partial charge < -0.3 is 28.1 Å². The molecule has 0 atom stereocenters. The largest absolute Gasteiger partial charge is 0.573 e. The Morgan fingerprint density at radius 1 is 0.273 bits per heavy atom. The highest BCUT2D eigenvalue weighted by Crippen LogP contribution is 2.30. The molecule has 722 valence electrons. The van der Waals surface area contributed by atoms with Gasteiger partial charge in [0.15, 0.2) is 0 Å². The number of methoxy groups -OCH3 is 2. The first-order valence-electron chi connectivity index (χ1n) is 41.8. The number of rotatable bonds is 23. The molecule has 12 heterocycles. The van der Waals surface area contributed by atoms with Gasteiger partial charge in [-0.1, -0.05) is 72.8 Å². The maximum Gasteiger partial charge on any atom is 0.573 e. The van der Waals surface area contributed by atoms with Crippen LogP contribution in [0.1, 0.15) is 147 Å². The van der Waals surface area contributed by atoms with E-state index in [0.717, 1.165) is 74.5 Å². The highest BCUT2D eigenvalue weighted by molar-refractivity contribution is 7.12. The van der Waals surface area contributed by atoms with E-state index in [1.165, 1.54) is 95.4 Å². The minimum Gasteiger partial charge on any atom is -0.465 e. The summed E-state index contributed by atoms with van der Waals surface area (Å²) in [5.41, 5.74) is 5.89. The van der Waals surface area contributed by atoms with Crippen LogP contribution in [-0.2, 0) is 9.47 Å². The highest BCUT2D eigenvalue weighted by atomic mass is 32.1. The van der Waals surface area contributed by atoms with Gasteiger partial charge in [-0.25, -0.2) is 37.7 Å². The molecule has 0 fully saturated rings. The summed E-state index contributed by atoms with van der Waals surface area (Å²) in [4.78, 5) is 102. The summed E-state index contributed by atoms with van der Waals surface area (Å²) in [6.45, 7) is 0. The molecule has 0 aliphatic rings. The molecular weight excluding hydrogens is 1960 g/mol. The van der Waals surface area contributed by atoms with E-state index in [-0.39, 0.29) is 40.2 Å². The van der Waals surface area contributed by atoms with Crippen LogP contribution < -0.4 is 14.2 Å². The van der Waals surface area contributed by atoms with Gasteiger partial charge in [-0.2, -0.15) is 30.6 Å². The van der Waals surface area contributed by atoms with Gasteiger partial charge in [0.2, 0.25) is 0 Å². The third kappa shape index (κ3) is 31.8. The predicted octanol–water partition coefficient (Wildman–Crippen LogP) is 24.6. The second-order valence-corrected chi connectivity index (χ2v) is 33.6. The summed E-state index contributed by atoms with van der Waals surface area (Å²) < 4.78 is 144. The Bertz CT molecular complexity index is 7460. The van der Waals surface area contributed by atoms with Crippen LogP contribution in [0.3, 0.4) is 0 Å². The van der Waals surface area contributed by atoms with E-state index in [2.05, 4.69) is 54.3 Å². The first-order valence-corrected chi connectivity index (χ1v) is 46.2. The monoisotopic (exact) mass is 2030 g/mol. The first-order chi connectivity index (χ1) is 68.9. The van der Waals surface area contributed by atoms with Crippen LogP contribution in [0.2, 0.25) is 0 Å². The van der Waals surface area contributed by atoms with Crippen LogP contribution in [0.25, 0.3) is 72.9 Å². The van der Waals surface area contributed by atoms with Crippen molar-refractivity contribution in [1.29, 1.82) is 0 Å². The normalized spacial score (nSPS) is 11.4. The van der Waals surface area contributed by atoms with Crippen molar-refractivity contribution in [2.24, 2.45) is 0 Å². The molecule has 0 aliphatic carbocycles. The number of para-hydroxylation sites is 1. The zero-order valence-corrected chi connectivity index (χ0v) is 78.3. The maximum atomic E-state index is 12.5. The molecule has 18 rings (SSSR count). The van der Waals surface area contributed by atoms with Crippen molar-refractivity contribution in [2.75, 3.05) is 14.2 Å². The average Bonchev–Trinajstić information content (AvgIpc) is 1.77. The fourth-order valence-electron chi connectivity index (χ4n) is 12.2. The minimum atomic E-state index is -4.88. The van der Waals surface area contributed by atoms with Gasteiger partial charge in [-0.3, -0.25) is 28.8 Å². The summed E-state index contributed by atoms with van der Waals surface area (Å²) in [5.74, 6) is -4.07. The molecule has 0 saturated carbocycles.